The van der Waals surface area contributed by atoms with Crippen molar-refractivity contribution in [2.75, 3.05) is 6.79 Å². The minimum Gasteiger partial charge on any atom is -0.488 e. The second kappa shape index (κ2) is 4.25. The van der Waals surface area contributed by atoms with Gasteiger partial charge < -0.3 is 14.2 Å². The minimum absolute atomic E-state index is 0.140. The highest BCUT2D eigenvalue weighted by molar-refractivity contribution is 6.12. The van der Waals surface area contributed by atoms with Crippen LogP contribution in [0.4, 0.5) is 0 Å². The van der Waals surface area contributed by atoms with Gasteiger partial charge in [-0.3, -0.25) is 4.79 Å². The van der Waals surface area contributed by atoms with Crippen LogP contribution in [0.2, 0.25) is 0 Å². The number of hydrogen-bond acceptors (Lipinski definition) is 5. The van der Waals surface area contributed by atoms with Gasteiger partial charge in [-0.2, -0.15) is 5.26 Å². The van der Waals surface area contributed by atoms with E-state index < -0.39 is 0 Å². The Balaban J connectivity index is 1.90. The fraction of sp³-hybridized carbons (Fsp3) is 0.125. The van der Waals surface area contributed by atoms with Gasteiger partial charge in [0.25, 0.3) is 0 Å². The molecule has 21 heavy (non-hydrogen) atoms. The fourth-order valence-electron chi connectivity index (χ4n) is 2.50. The summed E-state index contributed by atoms with van der Waals surface area (Å²) in [7, 11) is 0. The molecule has 2 aliphatic rings. The molecule has 5 heteroatoms. The van der Waals surface area contributed by atoms with Crippen molar-refractivity contribution in [3.05, 3.63) is 52.6 Å². The maximum absolute atomic E-state index is 12.7. The zero-order chi connectivity index (χ0) is 14.4. The summed E-state index contributed by atoms with van der Waals surface area (Å²) in [6.07, 6.45) is 0. The summed E-state index contributed by atoms with van der Waals surface area (Å²) in [4.78, 5) is 12.7. The predicted molar refractivity (Wildman–Crippen MR) is 71.5 cm³/mol. The summed E-state index contributed by atoms with van der Waals surface area (Å²) >= 11 is 0. The molecule has 0 saturated carbocycles. The first-order valence-electron chi connectivity index (χ1n) is 6.40. The Morgan fingerprint density at radius 2 is 1.76 bits per heavy atom. The maximum atomic E-state index is 12.7. The molecule has 0 spiro atoms. The normalized spacial score (nSPS) is 14.5. The molecule has 2 aromatic rings. The lowest BCUT2D eigenvalue weighted by Gasteiger charge is -2.07. The van der Waals surface area contributed by atoms with E-state index in [1.807, 2.05) is 6.07 Å². The molecule has 102 valence electrons. The number of ether oxygens (including phenoxy) is 3. The van der Waals surface area contributed by atoms with Crippen molar-refractivity contribution in [1.82, 2.24) is 0 Å². The van der Waals surface area contributed by atoms with Gasteiger partial charge in [0.05, 0.1) is 17.2 Å². The van der Waals surface area contributed by atoms with Gasteiger partial charge in [-0.1, -0.05) is 6.07 Å². The third-order valence-electron chi connectivity index (χ3n) is 3.59. The van der Waals surface area contributed by atoms with Crippen molar-refractivity contribution >= 4 is 5.78 Å². The average Bonchev–Trinajstić information content (AvgIpc) is 2.93. The number of benzene rings is 2. The molecule has 2 aromatic carbocycles. The van der Waals surface area contributed by atoms with Gasteiger partial charge >= 0.3 is 0 Å². The zero-order valence-electron chi connectivity index (χ0n) is 10.9. The summed E-state index contributed by atoms with van der Waals surface area (Å²) in [6, 6.07) is 10.4. The molecule has 5 nitrogen and oxygen atoms in total. The molecular weight excluding hydrogens is 270 g/mol. The van der Waals surface area contributed by atoms with Crippen molar-refractivity contribution in [2.24, 2.45) is 0 Å². The number of rotatable bonds is 0. The molecular formula is C16H9NO4. The summed E-state index contributed by atoms with van der Waals surface area (Å²) < 4.78 is 16.3. The second-order valence-corrected chi connectivity index (χ2v) is 4.80. The van der Waals surface area contributed by atoms with Crippen molar-refractivity contribution < 1.29 is 19.0 Å². The molecule has 4 rings (SSSR count). The van der Waals surface area contributed by atoms with Crippen molar-refractivity contribution in [3.63, 3.8) is 0 Å². The first-order valence-corrected chi connectivity index (χ1v) is 6.40. The van der Waals surface area contributed by atoms with Crippen molar-refractivity contribution in [1.29, 1.82) is 5.26 Å². The minimum atomic E-state index is -0.173. The van der Waals surface area contributed by atoms with Gasteiger partial charge in [0.15, 0.2) is 17.3 Å². The van der Waals surface area contributed by atoms with E-state index in [-0.39, 0.29) is 19.2 Å². The second-order valence-electron chi connectivity index (χ2n) is 4.80. The van der Waals surface area contributed by atoms with E-state index in [1.54, 1.807) is 30.3 Å². The number of fused-ring (bicyclic) bond motifs is 3. The standard InChI is InChI=1S/C16H9NO4/c17-6-9-1-2-10-7-19-13-5-15-14(20-8-21-15)4-12(13)16(18)11(10)3-9/h1-5H,7-8H2. The molecule has 0 N–H and O–H groups in total. The van der Waals surface area contributed by atoms with Crippen LogP contribution in [0.3, 0.4) is 0 Å². The van der Waals surface area contributed by atoms with Crippen molar-refractivity contribution in [2.45, 2.75) is 6.61 Å². The molecule has 2 aliphatic heterocycles. The van der Waals surface area contributed by atoms with Crippen LogP contribution in [0.25, 0.3) is 0 Å². The van der Waals surface area contributed by atoms with Gasteiger partial charge in [0.1, 0.15) is 12.4 Å². The average molecular weight is 279 g/mol. The van der Waals surface area contributed by atoms with E-state index in [2.05, 4.69) is 0 Å². The molecule has 0 unspecified atom stereocenters. The third-order valence-corrected chi connectivity index (χ3v) is 3.59. The van der Waals surface area contributed by atoms with Crippen LogP contribution < -0.4 is 14.2 Å². The quantitative estimate of drug-likeness (QED) is 0.740. The summed E-state index contributed by atoms with van der Waals surface area (Å²) in [5.74, 6) is 1.41. The molecule has 0 aromatic heterocycles. The third kappa shape index (κ3) is 1.73. The topological polar surface area (TPSA) is 68.6 Å². The molecule has 0 amide bonds. The Bertz CT molecular complexity index is 820. The van der Waals surface area contributed by atoms with Crippen LogP contribution in [-0.2, 0) is 6.61 Å². The van der Waals surface area contributed by atoms with Crippen LogP contribution >= 0.6 is 0 Å². The lowest BCUT2D eigenvalue weighted by Crippen LogP contribution is -2.03. The van der Waals surface area contributed by atoms with E-state index in [0.29, 0.717) is 33.9 Å². The Hall–Kier alpha value is -3.00. The summed E-state index contributed by atoms with van der Waals surface area (Å²) in [6.45, 7) is 0.418. The molecule has 0 atom stereocenters. The van der Waals surface area contributed by atoms with Crippen LogP contribution in [0.15, 0.2) is 30.3 Å². The van der Waals surface area contributed by atoms with Crippen LogP contribution in [0, 0.1) is 11.3 Å². The van der Waals surface area contributed by atoms with Gasteiger partial charge in [-0.15, -0.1) is 0 Å². The lowest BCUT2D eigenvalue weighted by molar-refractivity contribution is 0.103. The Morgan fingerprint density at radius 1 is 0.952 bits per heavy atom. The summed E-state index contributed by atoms with van der Waals surface area (Å²) in [5, 5.41) is 8.99. The molecule has 2 heterocycles. The smallest absolute Gasteiger partial charge is 0.231 e. The highest BCUT2D eigenvalue weighted by Gasteiger charge is 2.27. The molecule has 0 saturated heterocycles. The van der Waals surface area contributed by atoms with Crippen LogP contribution in [-0.4, -0.2) is 12.6 Å². The highest BCUT2D eigenvalue weighted by Crippen LogP contribution is 2.40. The number of nitrogens with zero attached hydrogens (tertiary/aromatic N) is 1. The van der Waals surface area contributed by atoms with Crippen LogP contribution in [0.5, 0.6) is 17.2 Å². The Labute approximate surface area is 120 Å². The van der Waals surface area contributed by atoms with E-state index in [4.69, 9.17) is 19.5 Å². The molecule has 0 fully saturated rings. The fourth-order valence-corrected chi connectivity index (χ4v) is 2.50. The van der Waals surface area contributed by atoms with E-state index in [0.717, 1.165) is 5.56 Å². The van der Waals surface area contributed by atoms with Crippen molar-refractivity contribution in [3.8, 4) is 23.3 Å². The number of carbonyl (C=O) groups is 1. The molecule has 0 radical (unpaired) electrons. The lowest BCUT2D eigenvalue weighted by atomic mass is 9.97. The SMILES string of the molecule is N#Cc1ccc2c(c1)C(=O)c1cc3c(cc1OC2)OCO3. The van der Waals surface area contributed by atoms with Gasteiger partial charge in [0, 0.05) is 17.2 Å². The van der Waals surface area contributed by atoms with Crippen LogP contribution in [0.1, 0.15) is 27.0 Å². The zero-order valence-corrected chi connectivity index (χ0v) is 10.9. The molecule has 0 aliphatic carbocycles. The van der Waals surface area contributed by atoms with E-state index >= 15 is 0 Å². The number of ketones is 1. The largest absolute Gasteiger partial charge is 0.488 e. The van der Waals surface area contributed by atoms with E-state index in [9.17, 15) is 4.79 Å². The number of carbonyl (C=O) groups excluding carboxylic acids is 1. The maximum Gasteiger partial charge on any atom is 0.231 e. The first-order chi connectivity index (χ1) is 10.3. The van der Waals surface area contributed by atoms with Gasteiger partial charge in [-0.25, -0.2) is 0 Å². The molecule has 0 bridgehead atoms. The number of nitriles is 1. The first kappa shape index (κ1) is 11.8. The predicted octanol–water partition coefficient (Wildman–Crippen LogP) is 2.41. The highest BCUT2D eigenvalue weighted by atomic mass is 16.7. The monoisotopic (exact) mass is 279 g/mol. The van der Waals surface area contributed by atoms with E-state index in [1.165, 1.54) is 0 Å². The Morgan fingerprint density at radius 3 is 2.57 bits per heavy atom. The van der Waals surface area contributed by atoms with Gasteiger partial charge in [-0.05, 0) is 18.2 Å². The Kier molecular flexibility index (Phi) is 2.39. The van der Waals surface area contributed by atoms with Gasteiger partial charge in [0.2, 0.25) is 6.79 Å². The summed E-state index contributed by atoms with van der Waals surface area (Å²) in [5.41, 5.74) is 2.13. The number of hydrogen-bond donors (Lipinski definition) is 0.